The van der Waals surface area contributed by atoms with Crippen LogP contribution in [0.3, 0.4) is 0 Å². The maximum atomic E-state index is 13.0. The third-order valence-electron chi connectivity index (χ3n) is 5.81. The Morgan fingerprint density at radius 3 is 2.29 bits per heavy atom. The highest BCUT2D eigenvalue weighted by molar-refractivity contribution is 5.99. The molecule has 5 heteroatoms. The minimum absolute atomic E-state index is 0.0290. The number of piperidine rings is 1. The van der Waals surface area contributed by atoms with Gasteiger partial charge in [-0.1, -0.05) is 19.9 Å². The van der Waals surface area contributed by atoms with Crippen LogP contribution < -0.4 is 5.32 Å². The summed E-state index contributed by atoms with van der Waals surface area (Å²) in [5.41, 5.74) is 1.25. The fourth-order valence-electron chi connectivity index (χ4n) is 3.95. The number of carbonyl (C=O) groups is 2. The molecule has 0 aromatic heterocycles. The molecule has 5 nitrogen and oxygen atoms in total. The number of hydrogen-bond donors (Lipinski definition) is 1. The molecule has 0 atom stereocenters. The molecular weight excluding hydrogens is 350 g/mol. The number of carbonyl (C=O) groups excluding carboxylic acids is 2. The van der Waals surface area contributed by atoms with E-state index in [0.29, 0.717) is 17.2 Å². The summed E-state index contributed by atoms with van der Waals surface area (Å²) in [6, 6.07) is 7.81. The Hall–Kier alpha value is -1.88. The van der Waals surface area contributed by atoms with Crippen molar-refractivity contribution in [3.05, 3.63) is 35.4 Å². The molecule has 0 bridgehead atoms. The van der Waals surface area contributed by atoms with E-state index in [4.69, 9.17) is 0 Å². The third kappa shape index (κ3) is 5.57. The van der Waals surface area contributed by atoms with E-state index in [0.717, 1.165) is 64.3 Å². The van der Waals surface area contributed by atoms with Gasteiger partial charge in [-0.2, -0.15) is 0 Å². The zero-order valence-electron chi connectivity index (χ0n) is 17.5. The number of benzene rings is 1. The van der Waals surface area contributed by atoms with Gasteiger partial charge in [0, 0.05) is 43.3 Å². The van der Waals surface area contributed by atoms with Crippen molar-refractivity contribution in [2.75, 3.05) is 32.7 Å². The van der Waals surface area contributed by atoms with E-state index >= 15 is 0 Å². The van der Waals surface area contributed by atoms with E-state index in [1.807, 2.05) is 28.0 Å². The van der Waals surface area contributed by atoms with Gasteiger partial charge < -0.3 is 15.1 Å². The van der Waals surface area contributed by atoms with Gasteiger partial charge in [-0.05, 0) is 69.2 Å². The first-order chi connectivity index (χ1) is 13.6. The zero-order valence-corrected chi connectivity index (χ0v) is 17.5. The van der Waals surface area contributed by atoms with E-state index in [1.54, 1.807) is 6.07 Å². The summed E-state index contributed by atoms with van der Waals surface area (Å²) < 4.78 is 0. The Bertz CT molecular complexity index is 658. The predicted molar refractivity (Wildman–Crippen MR) is 113 cm³/mol. The van der Waals surface area contributed by atoms with Gasteiger partial charge in [-0.3, -0.25) is 9.59 Å². The Kier molecular flexibility index (Phi) is 7.49. The van der Waals surface area contributed by atoms with Crippen molar-refractivity contribution in [2.45, 2.75) is 58.4 Å². The maximum absolute atomic E-state index is 13.0. The average molecular weight is 386 g/mol. The number of rotatable bonds is 9. The van der Waals surface area contributed by atoms with Gasteiger partial charge in [0.25, 0.3) is 11.8 Å². The van der Waals surface area contributed by atoms with E-state index in [1.165, 1.54) is 12.8 Å². The van der Waals surface area contributed by atoms with Gasteiger partial charge in [0.2, 0.25) is 0 Å². The Morgan fingerprint density at radius 1 is 1.04 bits per heavy atom. The molecule has 3 rings (SSSR count). The van der Waals surface area contributed by atoms with Crippen molar-refractivity contribution in [3.63, 3.8) is 0 Å². The van der Waals surface area contributed by atoms with Crippen LogP contribution in [0, 0.1) is 5.92 Å². The number of hydrogen-bond acceptors (Lipinski definition) is 3. The first-order valence-electron chi connectivity index (χ1n) is 11.0. The summed E-state index contributed by atoms with van der Waals surface area (Å²) in [5.74, 6) is 0.967. The third-order valence-corrected chi connectivity index (χ3v) is 5.81. The van der Waals surface area contributed by atoms with E-state index in [2.05, 4.69) is 19.2 Å². The second kappa shape index (κ2) is 10.1. The van der Waals surface area contributed by atoms with Gasteiger partial charge in [0.05, 0.1) is 0 Å². The van der Waals surface area contributed by atoms with Crippen molar-refractivity contribution >= 4 is 11.8 Å². The fourth-order valence-corrected chi connectivity index (χ4v) is 3.95. The minimum Gasteiger partial charge on any atom is -0.339 e. The van der Waals surface area contributed by atoms with Crippen LogP contribution in [0.5, 0.6) is 0 Å². The molecule has 0 spiro atoms. The molecule has 28 heavy (non-hydrogen) atoms. The van der Waals surface area contributed by atoms with Crippen molar-refractivity contribution in [3.8, 4) is 0 Å². The molecule has 2 aliphatic rings. The Labute approximate surface area is 169 Å². The SMILES string of the molecule is CCCN(CCC)C(=O)c1cccc(C(=O)N2CCC(NCC3CC3)CC2)c1. The van der Waals surface area contributed by atoms with Gasteiger partial charge in [0.1, 0.15) is 0 Å². The van der Waals surface area contributed by atoms with Crippen LogP contribution >= 0.6 is 0 Å². The lowest BCUT2D eigenvalue weighted by molar-refractivity contribution is 0.0705. The summed E-state index contributed by atoms with van der Waals surface area (Å²) in [5, 5.41) is 3.66. The molecule has 1 N–H and O–H groups in total. The van der Waals surface area contributed by atoms with E-state index < -0.39 is 0 Å². The highest BCUT2D eigenvalue weighted by Gasteiger charge is 2.26. The van der Waals surface area contributed by atoms with E-state index in [-0.39, 0.29) is 11.8 Å². The fraction of sp³-hybridized carbons (Fsp3) is 0.652. The first kappa shape index (κ1) is 20.8. The molecule has 1 saturated carbocycles. The number of likely N-dealkylation sites (tertiary alicyclic amines) is 1. The molecule has 1 aromatic carbocycles. The summed E-state index contributed by atoms with van der Waals surface area (Å²) in [7, 11) is 0. The highest BCUT2D eigenvalue weighted by atomic mass is 16.2. The van der Waals surface area contributed by atoms with Crippen LogP contribution in [0.4, 0.5) is 0 Å². The predicted octanol–water partition coefficient (Wildman–Crippen LogP) is 3.55. The van der Waals surface area contributed by atoms with Gasteiger partial charge >= 0.3 is 0 Å². The molecule has 0 unspecified atom stereocenters. The quantitative estimate of drug-likeness (QED) is 0.707. The maximum Gasteiger partial charge on any atom is 0.253 e. The molecule has 1 saturated heterocycles. The van der Waals surface area contributed by atoms with Crippen molar-refractivity contribution in [2.24, 2.45) is 5.92 Å². The molecule has 2 fully saturated rings. The van der Waals surface area contributed by atoms with Crippen LogP contribution in [-0.2, 0) is 0 Å². The Morgan fingerprint density at radius 2 is 1.68 bits per heavy atom. The second-order valence-corrected chi connectivity index (χ2v) is 8.29. The van der Waals surface area contributed by atoms with E-state index in [9.17, 15) is 9.59 Å². The van der Waals surface area contributed by atoms with Crippen LogP contribution in [-0.4, -0.2) is 60.4 Å². The molecular formula is C23H35N3O2. The van der Waals surface area contributed by atoms with Crippen LogP contribution in [0.2, 0.25) is 0 Å². The smallest absolute Gasteiger partial charge is 0.253 e. The first-order valence-corrected chi connectivity index (χ1v) is 11.0. The largest absolute Gasteiger partial charge is 0.339 e. The minimum atomic E-state index is 0.0290. The van der Waals surface area contributed by atoms with Gasteiger partial charge in [-0.15, -0.1) is 0 Å². The van der Waals surface area contributed by atoms with Crippen molar-refractivity contribution in [1.29, 1.82) is 0 Å². The lowest BCUT2D eigenvalue weighted by Crippen LogP contribution is -2.45. The monoisotopic (exact) mass is 385 g/mol. The zero-order chi connectivity index (χ0) is 19.9. The molecule has 154 valence electrons. The summed E-state index contributed by atoms with van der Waals surface area (Å²) in [4.78, 5) is 29.6. The molecule has 1 aromatic rings. The van der Waals surface area contributed by atoms with Crippen molar-refractivity contribution in [1.82, 2.24) is 15.1 Å². The normalized spacial score (nSPS) is 17.6. The number of nitrogens with one attached hydrogen (secondary N) is 1. The second-order valence-electron chi connectivity index (χ2n) is 8.29. The van der Waals surface area contributed by atoms with Gasteiger partial charge in [-0.25, -0.2) is 0 Å². The highest BCUT2D eigenvalue weighted by Crippen LogP contribution is 2.28. The number of amides is 2. The summed E-state index contributed by atoms with van der Waals surface area (Å²) in [6.45, 7) is 8.39. The standard InChI is InChI=1S/C23H35N3O2/c1-3-12-25(13-4-2)22(27)19-6-5-7-20(16-19)23(28)26-14-10-21(11-15-26)24-17-18-8-9-18/h5-7,16,18,21,24H,3-4,8-15,17H2,1-2H3. The molecule has 1 heterocycles. The van der Waals surface area contributed by atoms with Gasteiger partial charge in [0.15, 0.2) is 0 Å². The van der Waals surface area contributed by atoms with Crippen LogP contribution in [0.25, 0.3) is 0 Å². The van der Waals surface area contributed by atoms with Crippen LogP contribution in [0.15, 0.2) is 24.3 Å². The summed E-state index contributed by atoms with van der Waals surface area (Å²) in [6.07, 6.45) is 6.64. The number of nitrogens with zero attached hydrogens (tertiary/aromatic N) is 2. The molecule has 1 aliphatic heterocycles. The average Bonchev–Trinajstić information content (AvgIpc) is 3.56. The molecule has 0 radical (unpaired) electrons. The lowest BCUT2D eigenvalue weighted by atomic mass is 10.0. The van der Waals surface area contributed by atoms with Crippen LogP contribution in [0.1, 0.15) is 73.1 Å². The Balaban J connectivity index is 1.58. The molecule has 2 amide bonds. The van der Waals surface area contributed by atoms with Crippen molar-refractivity contribution < 1.29 is 9.59 Å². The topological polar surface area (TPSA) is 52.7 Å². The molecule has 1 aliphatic carbocycles. The lowest BCUT2D eigenvalue weighted by Gasteiger charge is -2.32. The summed E-state index contributed by atoms with van der Waals surface area (Å²) >= 11 is 0.